The number of halogens is 1. The lowest BCUT2D eigenvalue weighted by atomic mass is 10.2. The number of carbonyl (C=O) groups excluding carboxylic acids is 1. The third kappa shape index (κ3) is 3.98. The number of rotatable bonds is 5. The van der Waals surface area contributed by atoms with Gasteiger partial charge in [-0.1, -0.05) is 42.5 Å². The lowest BCUT2D eigenvalue weighted by molar-refractivity contribution is -0.121. The maximum absolute atomic E-state index is 12.6. The molecule has 5 nitrogen and oxygen atoms in total. The van der Waals surface area contributed by atoms with Crippen molar-refractivity contribution in [1.82, 2.24) is 9.88 Å². The number of para-hydroxylation sites is 1. The van der Waals surface area contributed by atoms with Crippen LogP contribution < -0.4 is 4.74 Å². The number of aliphatic imine (C=N–C) groups is 1. The molecule has 0 unspecified atom stereocenters. The topological polar surface area (TPSA) is 54.8 Å². The van der Waals surface area contributed by atoms with Crippen LogP contribution in [0.3, 0.4) is 0 Å². The van der Waals surface area contributed by atoms with Crippen molar-refractivity contribution in [3.8, 4) is 5.75 Å². The molecule has 3 rings (SSSR count). The van der Waals surface area contributed by atoms with Crippen LogP contribution in [0.4, 0.5) is 5.69 Å². The molecule has 26 heavy (non-hydrogen) atoms. The fraction of sp³-hybridized carbons (Fsp3) is 0.105. The molecule has 2 aromatic rings. The number of benzene rings is 1. The summed E-state index contributed by atoms with van der Waals surface area (Å²) in [5.41, 5.74) is 1.39. The van der Waals surface area contributed by atoms with Crippen LogP contribution in [0, 0.1) is 0 Å². The molecule has 0 atom stereocenters. The Kier molecular flexibility index (Phi) is 5.75. The highest BCUT2D eigenvalue weighted by Gasteiger charge is 2.30. The Balaban J connectivity index is 1.91. The first-order valence-corrected chi connectivity index (χ1v) is 8.98. The molecule has 1 aliphatic rings. The summed E-state index contributed by atoms with van der Waals surface area (Å²) in [6.07, 6.45) is 6.61. The molecule has 0 aliphatic carbocycles. The van der Waals surface area contributed by atoms with Gasteiger partial charge >= 0.3 is 0 Å². The first kappa shape index (κ1) is 18.2. The second-order valence-electron chi connectivity index (χ2n) is 5.33. The molecule has 1 aliphatic heterocycles. The minimum Gasteiger partial charge on any atom is -0.489 e. The Morgan fingerprint density at radius 2 is 2.19 bits per heavy atom. The molecule has 7 heteroatoms. The third-order valence-electron chi connectivity index (χ3n) is 3.53. The van der Waals surface area contributed by atoms with Crippen LogP contribution in [-0.2, 0) is 4.79 Å². The van der Waals surface area contributed by atoms with Gasteiger partial charge in [0, 0.05) is 25.0 Å². The van der Waals surface area contributed by atoms with Gasteiger partial charge in [0.15, 0.2) is 5.17 Å². The largest absolute Gasteiger partial charge is 0.489 e. The average Bonchev–Trinajstić information content (AvgIpc) is 2.91. The van der Waals surface area contributed by atoms with E-state index in [-0.39, 0.29) is 5.91 Å². The number of ether oxygens (including phenoxy) is 1. The molecule has 0 bridgehead atoms. The van der Waals surface area contributed by atoms with E-state index >= 15 is 0 Å². The van der Waals surface area contributed by atoms with Crippen molar-refractivity contribution < 1.29 is 9.53 Å². The molecule has 1 fully saturated rings. The minimum absolute atomic E-state index is 0.127. The van der Waals surface area contributed by atoms with Gasteiger partial charge in [0.25, 0.3) is 5.91 Å². The van der Waals surface area contributed by atoms with Crippen LogP contribution in [0.15, 0.2) is 65.3 Å². The van der Waals surface area contributed by atoms with Crippen LogP contribution in [0.5, 0.6) is 5.75 Å². The summed E-state index contributed by atoms with van der Waals surface area (Å²) in [6, 6.07) is 9.24. The molecule has 1 aromatic heterocycles. The van der Waals surface area contributed by atoms with Gasteiger partial charge in [0.2, 0.25) is 0 Å². The van der Waals surface area contributed by atoms with E-state index in [0.717, 1.165) is 5.56 Å². The predicted octanol–water partition coefficient (Wildman–Crippen LogP) is 4.53. The molecule has 0 radical (unpaired) electrons. The smallest absolute Gasteiger partial charge is 0.266 e. The zero-order chi connectivity index (χ0) is 18.5. The number of nitrogens with zero attached hydrogens (tertiary/aromatic N) is 3. The fourth-order valence-corrected chi connectivity index (χ4v) is 3.37. The van der Waals surface area contributed by atoms with E-state index < -0.39 is 0 Å². The quantitative estimate of drug-likeness (QED) is 0.560. The highest BCUT2D eigenvalue weighted by molar-refractivity contribution is 8.18. The first-order chi connectivity index (χ1) is 12.6. The molecule has 0 saturated carbocycles. The summed E-state index contributed by atoms with van der Waals surface area (Å²) in [6.45, 7) is 4.05. The number of hydrogen-bond acceptors (Lipinski definition) is 5. The van der Waals surface area contributed by atoms with Gasteiger partial charge in [-0.3, -0.25) is 14.7 Å². The second-order valence-corrected chi connectivity index (χ2v) is 6.75. The van der Waals surface area contributed by atoms with E-state index in [4.69, 9.17) is 16.3 Å². The maximum atomic E-state index is 12.6. The zero-order valence-corrected chi connectivity index (χ0v) is 15.6. The van der Waals surface area contributed by atoms with Crippen LogP contribution in [0.1, 0.15) is 5.56 Å². The normalized spacial score (nSPS) is 17.2. The minimum atomic E-state index is -0.127. The van der Waals surface area contributed by atoms with E-state index in [1.54, 1.807) is 31.5 Å². The summed E-state index contributed by atoms with van der Waals surface area (Å²) in [4.78, 5) is 23.1. The van der Waals surface area contributed by atoms with Gasteiger partial charge in [-0.25, -0.2) is 4.99 Å². The third-order valence-corrected chi connectivity index (χ3v) is 4.88. The Hall–Kier alpha value is -2.57. The number of hydrogen-bond donors (Lipinski definition) is 0. The van der Waals surface area contributed by atoms with Crippen LogP contribution in [0.2, 0.25) is 5.02 Å². The Morgan fingerprint density at radius 3 is 2.96 bits per heavy atom. The van der Waals surface area contributed by atoms with Crippen molar-refractivity contribution >= 4 is 46.2 Å². The van der Waals surface area contributed by atoms with Crippen molar-refractivity contribution in [1.29, 1.82) is 0 Å². The van der Waals surface area contributed by atoms with Crippen molar-refractivity contribution in [3.63, 3.8) is 0 Å². The lowest BCUT2D eigenvalue weighted by Crippen LogP contribution is -2.23. The SMILES string of the molecule is C=CCOc1ccccc1/C=C1\SC(=Nc2ccncc2Cl)N(C)C1=O. The van der Waals surface area contributed by atoms with Gasteiger partial charge in [0.05, 0.1) is 15.6 Å². The Morgan fingerprint density at radius 1 is 1.38 bits per heavy atom. The number of pyridine rings is 1. The number of aromatic nitrogens is 1. The molecule has 132 valence electrons. The fourth-order valence-electron chi connectivity index (χ4n) is 2.23. The van der Waals surface area contributed by atoms with Gasteiger partial charge in [0.1, 0.15) is 12.4 Å². The summed E-state index contributed by atoms with van der Waals surface area (Å²) in [7, 11) is 1.68. The molecule has 0 N–H and O–H groups in total. The number of likely N-dealkylation sites (N-methyl/N-ethyl adjacent to an activating group) is 1. The molecule has 1 saturated heterocycles. The highest BCUT2D eigenvalue weighted by Crippen LogP contribution is 2.35. The standard InChI is InChI=1S/C19H16ClN3O2S/c1-3-10-25-16-7-5-4-6-13(16)11-17-18(24)23(2)19(26-17)22-15-8-9-21-12-14(15)20/h3-9,11-12H,1,10H2,2H3/b17-11-,22-19?. The van der Waals surface area contributed by atoms with E-state index in [2.05, 4.69) is 16.6 Å². The van der Waals surface area contributed by atoms with Crippen molar-refractivity contribution in [3.05, 3.63) is 70.9 Å². The van der Waals surface area contributed by atoms with Gasteiger partial charge in [-0.2, -0.15) is 0 Å². The number of thioether (sulfide) groups is 1. The molecular weight excluding hydrogens is 370 g/mol. The van der Waals surface area contributed by atoms with Gasteiger partial charge in [-0.05, 0) is 30.0 Å². The van der Waals surface area contributed by atoms with E-state index in [0.29, 0.717) is 33.1 Å². The lowest BCUT2D eigenvalue weighted by Gasteiger charge is -2.08. The number of amidine groups is 1. The summed E-state index contributed by atoms with van der Waals surface area (Å²) in [5.74, 6) is 0.566. The highest BCUT2D eigenvalue weighted by atomic mass is 35.5. The molecule has 1 amide bonds. The van der Waals surface area contributed by atoms with Crippen molar-refractivity contribution in [2.75, 3.05) is 13.7 Å². The molecule has 1 aromatic carbocycles. The van der Waals surface area contributed by atoms with Crippen LogP contribution >= 0.6 is 23.4 Å². The number of amides is 1. The van der Waals surface area contributed by atoms with Crippen LogP contribution in [-0.4, -0.2) is 34.6 Å². The van der Waals surface area contributed by atoms with Gasteiger partial charge in [-0.15, -0.1) is 0 Å². The van der Waals surface area contributed by atoms with E-state index in [1.165, 1.54) is 22.9 Å². The van der Waals surface area contributed by atoms with Crippen LogP contribution in [0.25, 0.3) is 6.08 Å². The zero-order valence-electron chi connectivity index (χ0n) is 14.1. The monoisotopic (exact) mass is 385 g/mol. The van der Waals surface area contributed by atoms with E-state index in [9.17, 15) is 4.79 Å². The molecule has 0 spiro atoms. The van der Waals surface area contributed by atoms with Crippen molar-refractivity contribution in [2.24, 2.45) is 4.99 Å². The first-order valence-electron chi connectivity index (χ1n) is 7.78. The summed E-state index contributed by atoms with van der Waals surface area (Å²) in [5, 5.41) is 0.987. The summed E-state index contributed by atoms with van der Waals surface area (Å²) >= 11 is 7.39. The predicted molar refractivity (Wildman–Crippen MR) is 107 cm³/mol. The second kappa shape index (κ2) is 8.21. The summed E-state index contributed by atoms with van der Waals surface area (Å²) < 4.78 is 5.65. The average molecular weight is 386 g/mol. The Bertz CT molecular complexity index is 911. The number of carbonyl (C=O) groups is 1. The van der Waals surface area contributed by atoms with Crippen molar-refractivity contribution in [2.45, 2.75) is 0 Å². The van der Waals surface area contributed by atoms with Gasteiger partial charge < -0.3 is 4.74 Å². The Labute approximate surface area is 161 Å². The maximum Gasteiger partial charge on any atom is 0.266 e. The molecule has 2 heterocycles. The van der Waals surface area contributed by atoms with E-state index in [1.807, 2.05) is 24.3 Å². The molecular formula is C19H16ClN3O2S.